The van der Waals surface area contributed by atoms with Crippen LogP contribution >= 0.6 is 0 Å². The van der Waals surface area contributed by atoms with Crippen LogP contribution in [0, 0.1) is 0 Å². The number of aromatic amines is 1. The lowest BCUT2D eigenvalue weighted by Crippen LogP contribution is -2.28. The van der Waals surface area contributed by atoms with Crippen LogP contribution in [0.1, 0.15) is 18.4 Å². The van der Waals surface area contributed by atoms with Gasteiger partial charge in [-0.2, -0.15) is 0 Å². The van der Waals surface area contributed by atoms with Gasteiger partial charge in [-0.15, -0.1) is 0 Å². The van der Waals surface area contributed by atoms with E-state index >= 15 is 0 Å². The molecule has 2 unspecified atom stereocenters. The van der Waals surface area contributed by atoms with Crippen LogP contribution in [-0.2, 0) is 29.5 Å². The van der Waals surface area contributed by atoms with Crippen LogP contribution in [0.2, 0.25) is 0 Å². The van der Waals surface area contributed by atoms with Crippen LogP contribution in [0.4, 0.5) is 0 Å². The minimum Gasteiger partial charge on any atom is -0.487 e. The van der Waals surface area contributed by atoms with Crippen molar-refractivity contribution in [3.63, 3.8) is 0 Å². The summed E-state index contributed by atoms with van der Waals surface area (Å²) in [5, 5.41) is 0.828. The molecule has 0 amide bonds. The highest BCUT2D eigenvalue weighted by atomic mass is 32.2. The second kappa shape index (κ2) is 9.13. The number of fused-ring (bicyclic) bond motifs is 1. The molecule has 0 saturated carbocycles. The Morgan fingerprint density at radius 1 is 1.37 bits per heavy atom. The second-order valence-electron chi connectivity index (χ2n) is 7.41. The predicted molar refractivity (Wildman–Crippen MR) is 116 cm³/mol. The Morgan fingerprint density at radius 2 is 2.23 bits per heavy atom. The summed E-state index contributed by atoms with van der Waals surface area (Å²) in [6, 6.07) is 7.80. The number of benzene rings is 1. The molecular weight excluding hydrogens is 406 g/mol. The molecule has 0 radical (unpaired) electrons. The molecular formula is C21H25N3O5S. The Kier molecular flexibility index (Phi) is 6.33. The van der Waals surface area contributed by atoms with E-state index in [4.69, 9.17) is 14.0 Å². The lowest BCUT2D eigenvalue weighted by Gasteiger charge is -2.25. The molecule has 2 atom stereocenters. The summed E-state index contributed by atoms with van der Waals surface area (Å²) in [6.07, 6.45) is 6.03. The van der Waals surface area contributed by atoms with Gasteiger partial charge in [0.05, 0.1) is 6.61 Å². The third-order valence-corrected chi connectivity index (χ3v) is 5.73. The molecule has 3 heterocycles. The summed E-state index contributed by atoms with van der Waals surface area (Å²) in [7, 11) is 1.73. The zero-order valence-corrected chi connectivity index (χ0v) is 17.5. The van der Waals surface area contributed by atoms with Crippen molar-refractivity contribution in [1.29, 1.82) is 0 Å². The van der Waals surface area contributed by atoms with Crippen molar-refractivity contribution in [2.45, 2.75) is 25.4 Å². The van der Waals surface area contributed by atoms with Crippen molar-refractivity contribution in [1.82, 2.24) is 14.3 Å². The van der Waals surface area contributed by atoms with E-state index in [1.54, 1.807) is 17.8 Å². The van der Waals surface area contributed by atoms with Crippen LogP contribution in [-0.4, -0.2) is 44.2 Å². The number of hydrogen-bond acceptors (Lipinski definition) is 4. The fourth-order valence-electron chi connectivity index (χ4n) is 3.80. The Labute approximate surface area is 176 Å². The molecule has 1 saturated heterocycles. The fraction of sp³-hybridized carbons (Fsp3) is 0.381. The molecule has 0 spiro atoms. The minimum atomic E-state index is -2.04. The predicted octanol–water partition coefficient (Wildman–Crippen LogP) is 2.36. The standard InChI is InChI=1S/C21H25N3O5S/c1-24-12-18(16-7-8-22-20(16)21(24)25)17-11-14(6-9-23-30(26)27)4-5-19(17)29-15-3-2-10-28-13-15/h4-5,7-8,11-12,15,22-23H,2-3,6,9-10,13H2,1H3,(H,26,27). The number of ether oxygens (including phenoxy) is 2. The van der Waals surface area contributed by atoms with Gasteiger partial charge in [0, 0.05) is 49.1 Å². The highest BCUT2D eigenvalue weighted by Crippen LogP contribution is 2.36. The molecule has 1 aliphatic rings. The summed E-state index contributed by atoms with van der Waals surface area (Å²) in [4.78, 5) is 15.5. The monoisotopic (exact) mass is 431 g/mol. The highest BCUT2D eigenvalue weighted by molar-refractivity contribution is 7.77. The van der Waals surface area contributed by atoms with Crippen molar-refractivity contribution in [2.24, 2.45) is 7.05 Å². The van der Waals surface area contributed by atoms with Gasteiger partial charge in [0.15, 0.2) is 0 Å². The molecule has 2 aromatic heterocycles. The molecule has 0 aliphatic carbocycles. The lowest BCUT2D eigenvalue weighted by atomic mass is 9.99. The maximum Gasteiger partial charge on any atom is 0.274 e. The zero-order chi connectivity index (χ0) is 21.1. The number of nitrogens with one attached hydrogen (secondary N) is 2. The number of hydrogen-bond donors (Lipinski definition) is 3. The summed E-state index contributed by atoms with van der Waals surface area (Å²) in [5.41, 5.74) is 3.22. The Bertz CT molecular complexity index is 1120. The topological polar surface area (TPSA) is 106 Å². The van der Waals surface area contributed by atoms with Crippen LogP contribution in [0.5, 0.6) is 5.75 Å². The third-order valence-electron chi connectivity index (χ3n) is 5.28. The van der Waals surface area contributed by atoms with E-state index in [0.717, 1.165) is 47.3 Å². The van der Waals surface area contributed by atoms with E-state index in [-0.39, 0.29) is 11.7 Å². The van der Waals surface area contributed by atoms with E-state index in [0.29, 0.717) is 25.1 Å². The van der Waals surface area contributed by atoms with Crippen molar-refractivity contribution in [3.05, 3.63) is 52.6 Å². The summed E-state index contributed by atoms with van der Waals surface area (Å²) in [5.74, 6) is 0.731. The molecule has 1 aliphatic heterocycles. The van der Waals surface area contributed by atoms with E-state index < -0.39 is 11.3 Å². The van der Waals surface area contributed by atoms with Crippen LogP contribution < -0.4 is 15.0 Å². The average Bonchev–Trinajstić information content (AvgIpc) is 3.22. The summed E-state index contributed by atoms with van der Waals surface area (Å²) < 4.78 is 35.7. The minimum absolute atomic E-state index is 0.0175. The maximum absolute atomic E-state index is 12.5. The van der Waals surface area contributed by atoms with Gasteiger partial charge in [-0.05, 0) is 43.0 Å². The Balaban J connectivity index is 1.76. The quantitative estimate of drug-likeness (QED) is 0.498. The van der Waals surface area contributed by atoms with E-state index in [9.17, 15) is 9.00 Å². The smallest absolute Gasteiger partial charge is 0.274 e. The summed E-state index contributed by atoms with van der Waals surface area (Å²) in [6.45, 7) is 1.68. The molecule has 4 rings (SSSR count). The zero-order valence-electron chi connectivity index (χ0n) is 16.7. The normalized spacial score (nSPS) is 17.9. The molecule has 0 bridgehead atoms. The van der Waals surface area contributed by atoms with Gasteiger partial charge in [-0.25, -0.2) is 8.93 Å². The first-order chi connectivity index (χ1) is 14.5. The molecule has 3 N–H and O–H groups in total. The van der Waals surface area contributed by atoms with Gasteiger partial charge in [0.1, 0.15) is 17.4 Å². The van der Waals surface area contributed by atoms with Crippen molar-refractivity contribution in [3.8, 4) is 16.9 Å². The van der Waals surface area contributed by atoms with E-state index in [2.05, 4.69) is 9.71 Å². The van der Waals surface area contributed by atoms with Crippen LogP contribution in [0.25, 0.3) is 22.0 Å². The van der Waals surface area contributed by atoms with E-state index in [1.165, 1.54) is 0 Å². The number of aryl methyl sites for hydroxylation is 1. The number of aromatic nitrogens is 2. The van der Waals surface area contributed by atoms with E-state index in [1.807, 2.05) is 30.5 Å². The fourth-order valence-corrected chi connectivity index (χ4v) is 4.07. The molecule has 3 aromatic rings. The number of rotatable bonds is 7. The van der Waals surface area contributed by atoms with Gasteiger partial charge >= 0.3 is 0 Å². The first-order valence-electron chi connectivity index (χ1n) is 9.91. The van der Waals surface area contributed by atoms with Gasteiger partial charge < -0.3 is 19.0 Å². The third kappa shape index (κ3) is 4.49. The lowest BCUT2D eigenvalue weighted by molar-refractivity contribution is 0.00767. The number of H-pyrrole nitrogens is 1. The molecule has 1 fully saturated rings. The largest absolute Gasteiger partial charge is 0.487 e. The first-order valence-corrected chi connectivity index (χ1v) is 11.0. The number of nitrogens with zero attached hydrogens (tertiary/aromatic N) is 1. The maximum atomic E-state index is 12.5. The van der Waals surface area contributed by atoms with Crippen molar-refractivity contribution < 1.29 is 18.2 Å². The SMILES string of the molecule is Cn1cc(-c2cc(CCNS(=O)O)ccc2OC2CCCOC2)c2cc[nH]c2c1=O. The van der Waals surface area contributed by atoms with Gasteiger partial charge in [0.25, 0.3) is 5.56 Å². The first kappa shape index (κ1) is 20.8. The van der Waals surface area contributed by atoms with Crippen molar-refractivity contribution in [2.75, 3.05) is 19.8 Å². The Morgan fingerprint density at radius 3 is 3.00 bits per heavy atom. The van der Waals surface area contributed by atoms with Crippen LogP contribution in [0.3, 0.4) is 0 Å². The molecule has 30 heavy (non-hydrogen) atoms. The van der Waals surface area contributed by atoms with Gasteiger partial charge in [0.2, 0.25) is 11.3 Å². The van der Waals surface area contributed by atoms with Crippen LogP contribution in [0.15, 0.2) is 41.5 Å². The molecule has 1 aromatic carbocycles. The van der Waals surface area contributed by atoms with Gasteiger partial charge in [-0.1, -0.05) is 6.07 Å². The van der Waals surface area contributed by atoms with Crippen molar-refractivity contribution >= 4 is 22.2 Å². The highest BCUT2D eigenvalue weighted by Gasteiger charge is 2.20. The average molecular weight is 432 g/mol. The number of pyridine rings is 1. The molecule has 160 valence electrons. The van der Waals surface area contributed by atoms with Gasteiger partial charge in [-0.3, -0.25) is 9.35 Å². The Hall–Kier alpha value is -2.46. The second-order valence-corrected chi connectivity index (χ2v) is 8.19. The molecule has 9 heteroatoms. The molecule has 8 nitrogen and oxygen atoms in total. The summed E-state index contributed by atoms with van der Waals surface area (Å²) >= 11 is -2.04.